The lowest BCUT2D eigenvalue weighted by molar-refractivity contribution is -0.140. The Hall–Kier alpha value is -4.14. The topological polar surface area (TPSA) is 86.8 Å². The molecule has 45 heavy (non-hydrogen) atoms. The van der Waals surface area contributed by atoms with Crippen molar-refractivity contribution in [1.82, 2.24) is 10.2 Å². The van der Waals surface area contributed by atoms with Crippen LogP contribution in [0, 0.1) is 13.8 Å². The Kier molecular flexibility index (Phi) is 11.8. The molecule has 1 N–H and O–H groups in total. The van der Waals surface area contributed by atoms with E-state index in [1.807, 2.05) is 68.4 Å². The second kappa shape index (κ2) is 15.7. The van der Waals surface area contributed by atoms with Crippen LogP contribution in [0.1, 0.15) is 42.0 Å². The summed E-state index contributed by atoms with van der Waals surface area (Å²) in [5.74, 6) is -0.797. The molecule has 7 nitrogen and oxygen atoms in total. The van der Waals surface area contributed by atoms with Crippen molar-refractivity contribution < 1.29 is 18.0 Å². The molecular formula is C36H40ClN3O4S. The number of rotatable bonds is 14. The minimum Gasteiger partial charge on any atom is -0.354 e. The number of benzene rings is 4. The van der Waals surface area contributed by atoms with E-state index in [2.05, 4.69) is 5.32 Å². The molecule has 0 aromatic heterocycles. The van der Waals surface area contributed by atoms with Crippen LogP contribution in [0.15, 0.2) is 108 Å². The van der Waals surface area contributed by atoms with Gasteiger partial charge in [-0.2, -0.15) is 0 Å². The van der Waals surface area contributed by atoms with Gasteiger partial charge in [0.05, 0.1) is 10.6 Å². The zero-order chi connectivity index (χ0) is 32.4. The molecule has 9 heteroatoms. The Balaban J connectivity index is 1.82. The number of carbonyl (C=O) groups excluding carboxylic acids is 2. The number of sulfonamides is 1. The van der Waals surface area contributed by atoms with Crippen molar-refractivity contribution in [2.24, 2.45) is 0 Å². The summed E-state index contributed by atoms with van der Waals surface area (Å²) in [6, 6.07) is 29.3. The molecule has 0 unspecified atom stereocenters. The van der Waals surface area contributed by atoms with Crippen LogP contribution in [0.25, 0.3) is 0 Å². The SMILES string of the molecule is CCCCNC(=O)[C@@H](Cc1ccccc1)N(Cc1ccccc1C)C(=O)CN(c1cc(Cl)ccc1C)S(=O)(=O)c1ccccc1. The highest BCUT2D eigenvalue weighted by molar-refractivity contribution is 7.92. The van der Waals surface area contributed by atoms with Crippen molar-refractivity contribution in [2.75, 3.05) is 17.4 Å². The number of anilines is 1. The van der Waals surface area contributed by atoms with E-state index < -0.39 is 28.5 Å². The van der Waals surface area contributed by atoms with Gasteiger partial charge < -0.3 is 10.2 Å². The average molecular weight is 646 g/mol. The van der Waals surface area contributed by atoms with Gasteiger partial charge in [0.2, 0.25) is 11.8 Å². The third kappa shape index (κ3) is 8.74. The highest BCUT2D eigenvalue weighted by atomic mass is 35.5. The standard InChI is InChI=1S/C36H40ClN3O4S/c1-4-5-22-38-36(42)34(23-29-15-8-6-9-16-29)39(25-30-17-13-12-14-27(30)2)35(41)26-40(33-24-31(37)21-20-28(33)3)45(43,44)32-18-10-7-11-19-32/h6-21,24,34H,4-5,22-23,25-26H2,1-3H3,(H,38,42)/t34-/m1/s1. The van der Waals surface area contributed by atoms with E-state index in [1.54, 1.807) is 43.3 Å². The quantitative estimate of drug-likeness (QED) is 0.155. The summed E-state index contributed by atoms with van der Waals surface area (Å²) in [6.07, 6.45) is 1.96. The Labute approximate surface area is 271 Å². The monoisotopic (exact) mass is 645 g/mol. The largest absolute Gasteiger partial charge is 0.354 e. The maximum absolute atomic E-state index is 14.6. The molecule has 0 aliphatic carbocycles. The van der Waals surface area contributed by atoms with Gasteiger partial charge >= 0.3 is 0 Å². The number of amides is 2. The predicted molar refractivity (Wildman–Crippen MR) is 181 cm³/mol. The third-order valence-electron chi connectivity index (χ3n) is 7.75. The van der Waals surface area contributed by atoms with Gasteiger partial charge in [-0.3, -0.25) is 13.9 Å². The van der Waals surface area contributed by atoms with E-state index in [1.165, 1.54) is 17.0 Å². The second-order valence-corrected chi connectivity index (χ2v) is 13.4. The van der Waals surface area contributed by atoms with Gasteiger partial charge in [-0.25, -0.2) is 8.42 Å². The molecule has 4 aromatic carbocycles. The molecule has 4 aromatic rings. The lowest BCUT2D eigenvalue weighted by Crippen LogP contribution is -2.53. The second-order valence-electron chi connectivity index (χ2n) is 11.1. The predicted octanol–water partition coefficient (Wildman–Crippen LogP) is 6.71. The van der Waals surface area contributed by atoms with Gasteiger partial charge in [-0.05, 0) is 66.8 Å². The van der Waals surface area contributed by atoms with E-state index in [-0.39, 0.29) is 23.8 Å². The molecule has 0 heterocycles. The van der Waals surface area contributed by atoms with Crippen LogP contribution in [0.5, 0.6) is 0 Å². The summed E-state index contributed by atoms with van der Waals surface area (Å²) in [7, 11) is -4.20. The summed E-state index contributed by atoms with van der Waals surface area (Å²) < 4.78 is 29.4. The Bertz CT molecular complexity index is 1700. The minimum absolute atomic E-state index is 0.0424. The number of nitrogens with one attached hydrogen (secondary N) is 1. The smallest absolute Gasteiger partial charge is 0.264 e. The van der Waals surface area contributed by atoms with Crippen LogP contribution in [0.4, 0.5) is 5.69 Å². The molecule has 0 saturated heterocycles. The maximum Gasteiger partial charge on any atom is 0.264 e. The molecule has 2 amide bonds. The minimum atomic E-state index is -4.20. The van der Waals surface area contributed by atoms with Crippen molar-refractivity contribution in [1.29, 1.82) is 0 Å². The number of nitrogens with zero attached hydrogens (tertiary/aromatic N) is 2. The number of halogens is 1. The lowest BCUT2D eigenvalue weighted by Gasteiger charge is -2.34. The fourth-order valence-electron chi connectivity index (χ4n) is 5.12. The Morgan fingerprint density at radius 3 is 2.16 bits per heavy atom. The van der Waals surface area contributed by atoms with Crippen LogP contribution < -0.4 is 9.62 Å². The van der Waals surface area contributed by atoms with Crippen molar-refractivity contribution in [3.8, 4) is 0 Å². The van der Waals surface area contributed by atoms with Crippen LogP contribution in [-0.2, 0) is 32.6 Å². The summed E-state index contributed by atoms with van der Waals surface area (Å²) in [4.78, 5) is 30.0. The fourth-order valence-corrected chi connectivity index (χ4v) is 6.77. The lowest BCUT2D eigenvalue weighted by atomic mass is 10.0. The number of hydrogen-bond donors (Lipinski definition) is 1. The highest BCUT2D eigenvalue weighted by Gasteiger charge is 2.35. The molecule has 0 saturated carbocycles. The van der Waals surface area contributed by atoms with Crippen LogP contribution in [-0.4, -0.2) is 44.3 Å². The van der Waals surface area contributed by atoms with E-state index in [0.717, 1.165) is 33.8 Å². The summed E-state index contributed by atoms with van der Waals surface area (Å²) in [5.41, 5.74) is 3.63. The van der Waals surface area contributed by atoms with Crippen molar-refractivity contribution in [3.63, 3.8) is 0 Å². The number of carbonyl (C=O) groups is 2. The molecule has 0 aliphatic heterocycles. The van der Waals surface area contributed by atoms with E-state index in [9.17, 15) is 18.0 Å². The molecule has 0 bridgehead atoms. The number of hydrogen-bond acceptors (Lipinski definition) is 4. The zero-order valence-corrected chi connectivity index (χ0v) is 27.5. The first-order valence-electron chi connectivity index (χ1n) is 15.1. The van der Waals surface area contributed by atoms with Gasteiger partial charge in [-0.1, -0.05) is 104 Å². The van der Waals surface area contributed by atoms with Crippen molar-refractivity contribution >= 4 is 39.1 Å². The molecule has 4 rings (SSSR count). The molecular weight excluding hydrogens is 606 g/mol. The van der Waals surface area contributed by atoms with Crippen molar-refractivity contribution in [3.05, 3.63) is 130 Å². The first-order chi connectivity index (χ1) is 21.6. The normalized spacial score (nSPS) is 11.9. The fraction of sp³-hybridized carbons (Fsp3) is 0.278. The Morgan fingerprint density at radius 2 is 1.49 bits per heavy atom. The molecule has 0 aliphatic rings. The van der Waals surface area contributed by atoms with Gasteiger partial charge in [0, 0.05) is 24.5 Å². The molecule has 1 atom stereocenters. The Morgan fingerprint density at radius 1 is 0.844 bits per heavy atom. The van der Waals surface area contributed by atoms with Crippen molar-refractivity contribution in [2.45, 2.75) is 57.5 Å². The number of unbranched alkanes of at least 4 members (excludes halogenated alkanes) is 1. The van der Waals surface area contributed by atoms with Gasteiger partial charge in [0.1, 0.15) is 12.6 Å². The summed E-state index contributed by atoms with van der Waals surface area (Å²) in [6.45, 7) is 5.83. The highest BCUT2D eigenvalue weighted by Crippen LogP contribution is 2.30. The van der Waals surface area contributed by atoms with Gasteiger partial charge in [0.15, 0.2) is 0 Å². The van der Waals surface area contributed by atoms with Crippen LogP contribution >= 0.6 is 11.6 Å². The third-order valence-corrected chi connectivity index (χ3v) is 9.76. The first kappa shape index (κ1) is 33.7. The molecule has 0 radical (unpaired) electrons. The molecule has 0 fully saturated rings. The van der Waals surface area contributed by atoms with E-state index in [4.69, 9.17) is 11.6 Å². The molecule has 236 valence electrons. The van der Waals surface area contributed by atoms with E-state index >= 15 is 0 Å². The average Bonchev–Trinajstić information content (AvgIpc) is 3.04. The van der Waals surface area contributed by atoms with E-state index in [0.29, 0.717) is 22.8 Å². The summed E-state index contributed by atoms with van der Waals surface area (Å²) >= 11 is 6.35. The zero-order valence-electron chi connectivity index (χ0n) is 25.9. The number of aryl methyl sites for hydroxylation is 2. The summed E-state index contributed by atoms with van der Waals surface area (Å²) in [5, 5.41) is 3.35. The van der Waals surface area contributed by atoms with Crippen LogP contribution in [0.3, 0.4) is 0 Å². The van der Waals surface area contributed by atoms with Gasteiger partial charge in [0.25, 0.3) is 10.0 Å². The molecule has 0 spiro atoms. The van der Waals surface area contributed by atoms with Gasteiger partial charge in [-0.15, -0.1) is 0 Å². The first-order valence-corrected chi connectivity index (χ1v) is 16.9. The maximum atomic E-state index is 14.6. The van der Waals surface area contributed by atoms with Crippen LogP contribution in [0.2, 0.25) is 5.02 Å².